The molecule has 0 bridgehead atoms. The molecule has 5 nitrogen and oxygen atoms in total. The summed E-state index contributed by atoms with van der Waals surface area (Å²) in [5.41, 5.74) is 1.27. The molecule has 1 amide bonds. The Bertz CT molecular complexity index is 506. The number of carbonyl (C=O) groups excluding carboxylic acids is 1. The van der Waals surface area contributed by atoms with Crippen molar-refractivity contribution in [3.63, 3.8) is 0 Å². The van der Waals surface area contributed by atoms with E-state index in [4.69, 9.17) is 4.74 Å². The van der Waals surface area contributed by atoms with E-state index in [1.807, 2.05) is 12.1 Å². The summed E-state index contributed by atoms with van der Waals surface area (Å²) >= 11 is 0. The minimum Gasteiger partial charge on any atom is -0.497 e. The summed E-state index contributed by atoms with van der Waals surface area (Å²) in [4.78, 5) is 16.5. The van der Waals surface area contributed by atoms with Gasteiger partial charge in [-0.25, -0.2) is 0 Å². The van der Waals surface area contributed by atoms with Gasteiger partial charge in [-0.15, -0.1) is 0 Å². The first-order valence-electron chi connectivity index (χ1n) is 8.65. The van der Waals surface area contributed by atoms with Gasteiger partial charge in [0, 0.05) is 44.3 Å². The monoisotopic (exact) mass is 317 g/mol. The fourth-order valence-electron chi connectivity index (χ4n) is 3.03. The quantitative estimate of drug-likeness (QED) is 0.778. The van der Waals surface area contributed by atoms with Gasteiger partial charge in [0.25, 0.3) is 0 Å². The summed E-state index contributed by atoms with van der Waals surface area (Å²) in [7, 11) is 1.70. The van der Waals surface area contributed by atoms with E-state index in [0.29, 0.717) is 5.92 Å². The fraction of sp³-hybridized carbons (Fsp3) is 0.611. The lowest BCUT2D eigenvalue weighted by atomic mass is 10.2. The molecule has 23 heavy (non-hydrogen) atoms. The minimum atomic E-state index is 0.259. The largest absolute Gasteiger partial charge is 0.497 e. The predicted molar refractivity (Wildman–Crippen MR) is 92.0 cm³/mol. The SMILES string of the molecule is COc1ccc(N2CCN(CCCNC(=O)C3CC3)CC2)cc1. The van der Waals surface area contributed by atoms with Crippen molar-refractivity contribution >= 4 is 11.6 Å². The number of ether oxygens (including phenoxy) is 1. The molecular weight excluding hydrogens is 290 g/mol. The number of hydrogen-bond donors (Lipinski definition) is 1. The van der Waals surface area contributed by atoms with Crippen LogP contribution in [0.4, 0.5) is 5.69 Å². The zero-order valence-corrected chi connectivity index (χ0v) is 14.0. The topological polar surface area (TPSA) is 44.8 Å². The fourth-order valence-corrected chi connectivity index (χ4v) is 3.03. The molecule has 0 spiro atoms. The van der Waals surface area contributed by atoms with E-state index in [2.05, 4.69) is 27.2 Å². The molecule has 1 aliphatic heterocycles. The van der Waals surface area contributed by atoms with Gasteiger partial charge in [0.1, 0.15) is 5.75 Å². The Balaban J connectivity index is 1.33. The number of amides is 1. The highest BCUT2D eigenvalue weighted by atomic mass is 16.5. The van der Waals surface area contributed by atoms with Crippen LogP contribution in [0.15, 0.2) is 24.3 Å². The van der Waals surface area contributed by atoms with E-state index in [-0.39, 0.29) is 5.91 Å². The molecule has 1 aliphatic carbocycles. The lowest BCUT2D eigenvalue weighted by molar-refractivity contribution is -0.122. The van der Waals surface area contributed by atoms with E-state index >= 15 is 0 Å². The third-order valence-electron chi connectivity index (χ3n) is 4.71. The molecule has 2 fully saturated rings. The number of methoxy groups -OCH3 is 1. The highest BCUT2D eigenvalue weighted by molar-refractivity contribution is 5.80. The van der Waals surface area contributed by atoms with Crippen molar-refractivity contribution in [3.8, 4) is 5.75 Å². The molecule has 0 unspecified atom stereocenters. The zero-order valence-electron chi connectivity index (χ0n) is 14.0. The van der Waals surface area contributed by atoms with Gasteiger partial charge in [0.05, 0.1) is 7.11 Å². The van der Waals surface area contributed by atoms with E-state index in [1.165, 1.54) is 5.69 Å². The normalized spacial score (nSPS) is 18.7. The molecule has 0 atom stereocenters. The second kappa shape index (κ2) is 7.68. The minimum absolute atomic E-state index is 0.259. The van der Waals surface area contributed by atoms with Crippen LogP contribution in [0.2, 0.25) is 0 Å². The van der Waals surface area contributed by atoms with Crippen LogP contribution in [0.1, 0.15) is 19.3 Å². The van der Waals surface area contributed by atoms with Gasteiger partial charge < -0.3 is 15.0 Å². The number of nitrogens with one attached hydrogen (secondary N) is 1. The molecule has 1 saturated heterocycles. The maximum Gasteiger partial charge on any atom is 0.223 e. The first kappa shape index (κ1) is 16.1. The maximum atomic E-state index is 11.6. The van der Waals surface area contributed by atoms with Crippen LogP contribution in [0.25, 0.3) is 0 Å². The Kier molecular flexibility index (Phi) is 5.39. The van der Waals surface area contributed by atoms with Gasteiger partial charge in [-0.05, 0) is 50.1 Å². The second-order valence-electron chi connectivity index (χ2n) is 6.45. The van der Waals surface area contributed by atoms with Crippen LogP contribution in [0.5, 0.6) is 5.75 Å². The summed E-state index contributed by atoms with van der Waals surface area (Å²) in [5.74, 6) is 1.48. The summed E-state index contributed by atoms with van der Waals surface area (Å²) < 4.78 is 5.21. The number of nitrogens with zero attached hydrogens (tertiary/aromatic N) is 2. The lowest BCUT2D eigenvalue weighted by Crippen LogP contribution is -2.47. The molecule has 5 heteroatoms. The third kappa shape index (κ3) is 4.61. The van der Waals surface area contributed by atoms with Gasteiger partial charge in [-0.2, -0.15) is 0 Å². The van der Waals surface area contributed by atoms with Gasteiger partial charge in [0.2, 0.25) is 5.91 Å². The summed E-state index contributed by atoms with van der Waals surface area (Å²) in [6.07, 6.45) is 3.21. The molecule has 0 radical (unpaired) electrons. The van der Waals surface area contributed by atoms with Crippen LogP contribution in [-0.4, -0.2) is 57.2 Å². The standard InChI is InChI=1S/C18H27N3O2/c1-23-17-7-5-16(6-8-17)21-13-11-20(12-14-21)10-2-9-19-18(22)15-3-4-15/h5-8,15H,2-4,9-14H2,1H3,(H,19,22). The molecule has 0 aromatic heterocycles. The van der Waals surface area contributed by atoms with Crippen molar-refractivity contribution in [2.24, 2.45) is 5.92 Å². The molecule has 1 aromatic rings. The Morgan fingerprint density at radius 3 is 2.48 bits per heavy atom. The van der Waals surface area contributed by atoms with Crippen molar-refractivity contribution in [2.45, 2.75) is 19.3 Å². The number of benzene rings is 1. The van der Waals surface area contributed by atoms with E-state index in [1.54, 1.807) is 7.11 Å². The Hall–Kier alpha value is -1.75. The van der Waals surface area contributed by atoms with Crippen LogP contribution in [0, 0.1) is 5.92 Å². The summed E-state index contributed by atoms with van der Waals surface area (Å²) in [6.45, 7) is 6.17. The number of piperazine rings is 1. The predicted octanol–water partition coefficient (Wildman–Crippen LogP) is 1.73. The van der Waals surface area contributed by atoms with Gasteiger partial charge >= 0.3 is 0 Å². The van der Waals surface area contributed by atoms with E-state index in [0.717, 1.165) is 64.3 Å². The van der Waals surface area contributed by atoms with Crippen molar-refractivity contribution in [1.82, 2.24) is 10.2 Å². The molecule has 1 saturated carbocycles. The number of anilines is 1. The van der Waals surface area contributed by atoms with Crippen molar-refractivity contribution in [2.75, 3.05) is 51.3 Å². The maximum absolute atomic E-state index is 11.6. The molecular formula is C18H27N3O2. The van der Waals surface area contributed by atoms with Gasteiger partial charge in [0.15, 0.2) is 0 Å². The van der Waals surface area contributed by atoms with Crippen LogP contribution in [-0.2, 0) is 4.79 Å². The van der Waals surface area contributed by atoms with E-state index < -0.39 is 0 Å². The average Bonchev–Trinajstić information content (AvgIpc) is 3.44. The van der Waals surface area contributed by atoms with Crippen LogP contribution >= 0.6 is 0 Å². The smallest absolute Gasteiger partial charge is 0.223 e. The summed E-state index contributed by atoms with van der Waals surface area (Å²) in [5, 5.41) is 3.04. The third-order valence-corrected chi connectivity index (χ3v) is 4.71. The van der Waals surface area contributed by atoms with Gasteiger partial charge in [-0.1, -0.05) is 0 Å². The highest BCUT2D eigenvalue weighted by Crippen LogP contribution is 2.28. The average molecular weight is 317 g/mol. The second-order valence-corrected chi connectivity index (χ2v) is 6.45. The molecule has 126 valence electrons. The van der Waals surface area contributed by atoms with Crippen LogP contribution < -0.4 is 15.0 Å². The molecule has 2 aliphatic rings. The lowest BCUT2D eigenvalue weighted by Gasteiger charge is -2.36. The molecule has 1 heterocycles. The Labute approximate surface area is 138 Å². The number of rotatable bonds is 7. The highest BCUT2D eigenvalue weighted by Gasteiger charge is 2.29. The zero-order chi connectivity index (χ0) is 16.1. The van der Waals surface area contributed by atoms with Crippen molar-refractivity contribution in [3.05, 3.63) is 24.3 Å². The van der Waals surface area contributed by atoms with Crippen molar-refractivity contribution < 1.29 is 9.53 Å². The van der Waals surface area contributed by atoms with Gasteiger partial charge in [-0.3, -0.25) is 9.69 Å². The number of carbonyl (C=O) groups is 1. The first-order chi connectivity index (χ1) is 11.3. The molecule has 1 aromatic carbocycles. The van der Waals surface area contributed by atoms with Crippen LogP contribution in [0.3, 0.4) is 0 Å². The first-order valence-corrected chi connectivity index (χ1v) is 8.65. The van der Waals surface area contributed by atoms with Crippen molar-refractivity contribution in [1.29, 1.82) is 0 Å². The Morgan fingerprint density at radius 2 is 1.87 bits per heavy atom. The number of hydrogen-bond acceptors (Lipinski definition) is 4. The summed E-state index contributed by atoms with van der Waals surface area (Å²) in [6, 6.07) is 8.29. The molecule has 3 rings (SSSR count). The molecule has 1 N–H and O–H groups in total. The van der Waals surface area contributed by atoms with E-state index in [9.17, 15) is 4.79 Å². The Morgan fingerprint density at radius 1 is 1.17 bits per heavy atom.